The number of esters is 1. The number of carbonyl (C=O) groups excluding carboxylic acids is 2. The molecule has 0 spiro atoms. The van der Waals surface area contributed by atoms with E-state index in [0.29, 0.717) is 65.0 Å². The molecular weight excluding hydrogens is 569 g/mol. The number of anilines is 1. The quantitative estimate of drug-likeness (QED) is 0.271. The van der Waals surface area contributed by atoms with Gasteiger partial charge in [-0.25, -0.2) is 9.18 Å². The normalized spacial score (nSPS) is 15.8. The fourth-order valence-electron chi connectivity index (χ4n) is 5.67. The van der Waals surface area contributed by atoms with E-state index in [1.165, 1.54) is 17.3 Å². The van der Waals surface area contributed by atoms with Crippen LogP contribution in [0, 0.1) is 12.7 Å². The maximum atomic E-state index is 15.5. The molecule has 0 fully saturated rings. The Balaban J connectivity index is 1.48. The van der Waals surface area contributed by atoms with Crippen LogP contribution in [0.25, 0.3) is 16.8 Å². The summed E-state index contributed by atoms with van der Waals surface area (Å²) >= 11 is 0. The largest absolute Gasteiger partial charge is 0.493 e. The maximum Gasteiger partial charge on any atom is 0.416 e. The van der Waals surface area contributed by atoms with Crippen molar-refractivity contribution in [3.05, 3.63) is 65.0 Å². The highest BCUT2D eigenvalue weighted by Gasteiger charge is 2.37. The van der Waals surface area contributed by atoms with Crippen LogP contribution in [0.5, 0.6) is 11.5 Å². The lowest BCUT2D eigenvalue weighted by Gasteiger charge is -2.29. The SMILES string of the molecule is CCOC(=O)CCc1ccc(-c2cc3c(n4cnnc24)N(C(=O)OC(C)(C)C)Cc2c(F)ccc4c2[C@H](CO4)CO3)c(C)n1. The van der Waals surface area contributed by atoms with Crippen LogP contribution in [-0.4, -0.2) is 57.1 Å². The van der Waals surface area contributed by atoms with Gasteiger partial charge in [-0.2, -0.15) is 0 Å². The minimum Gasteiger partial charge on any atom is -0.493 e. The number of fused-ring (bicyclic) bond motifs is 3. The minimum atomic E-state index is -0.816. The van der Waals surface area contributed by atoms with Crippen LogP contribution in [0.2, 0.25) is 0 Å². The molecule has 0 saturated heterocycles. The molecule has 230 valence electrons. The average Bonchev–Trinajstić information content (AvgIpc) is 3.62. The minimum absolute atomic E-state index is 0.123. The highest BCUT2D eigenvalue weighted by atomic mass is 19.1. The predicted molar refractivity (Wildman–Crippen MR) is 158 cm³/mol. The van der Waals surface area contributed by atoms with Crippen molar-refractivity contribution >= 4 is 23.5 Å². The number of rotatable bonds is 5. The van der Waals surface area contributed by atoms with E-state index in [0.717, 1.165) is 11.3 Å². The number of benzene rings is 1. The molecule has 0 N–H and O–H groups in total. The third kappa shape index (κ3) is 5.51. The molecular formula is C32H34FN5O6. The van der Waals surface area contributed by atoms with Gasteiger partial charge < -0.3 is 18.9 Å². The van der Waals surface area contributed by atoms with E-state index >= 15 is 4.39 Å². The van der Waals surface area contributed by atoms with E-state index in [9.17, 15) is 9.59 Å². The second-order valence-electron chi connectivity index (χ2n) is 11.8. The highest BCUT2D eigenvalue weighted by Crippen LogP contribution is 2.44. The number of aryl methyl sites for hydroxylation is 2. The van der Waals surface area contributed by atoms with E-state index in [1.54, 1.807) is 38.2 Å². The van der Waals surface area contributed by atoms with Crippen molar-refractivity contribution in [1.29, 1.82) is 0 Å². The number of ether oxygens (including phenoxy) is 4. The zero-order chi connectivity index (χ0) is 31.2. The molecule has 6 rings (SSSR count). The first-order valence-corrected chi connectivity index (χ1v) is 14.6. The summed E-state index contributed by atoms with van der Waals surface area (Å²) in [5.74, 6) is 0.294. The average molecular weight is 604 g/mol. The molecule has 0 bridgehead atoms. The number of carbonyl (C=O) groups is 2. The Morgan fingerprint density at radius 2 is 1.86 bits per heavy atom. The van der Waals surface area contributed by atoms with Gasteiger partial charge in [0.15, 0.2) is 17.2 Å². The molecule has 3 aromatic heterocycles. The third-order valence-corrected chi connectivity index (χ3v) is 7.57. The van der Waals surface area contributed by atoms with Crippen LogP contribution in [0.3, 0.4) is 0 Å². The number of halogens is 1. The first-order chi connectivity index (χ1) is 21.0. The molecule has 2 aliphatic rings. The number of nitrogens with zero attached hydrogens (tertiary/aromatic N) is 5. The lowest BCUT2D eigenvalue weighted by atomic mass is 9.95. The van der Waals surface area contributed by atoms with Crippen LogP contribution >= 0.6 is 0 Å². The van der Waals surface area contributed by atoms with E-state index in [4.69, 9.17) is 23.9 Å². The summed E-state index contributed by atoms with van der Waals surface area (Å²) < 4.78 is 40.3. The summed E-state index contributed by atoms with van der Waals surface area (Å²) in [4.78, 5) is 31.8. The first kappa shape index (κ1) is 29.3. The van der Waals surface area contributed by atoms with Gasteiger partial charge in [0.05, 0.1) is 38.7 Å². The molecule has 44 heavy (non-hydrogen) atoms. The number of aromatic nitrogens is 4. The monoisotopic (exact) mass is 603 g/mol. The number of amides is 1. The molecule has 0 unspecified atom stereocenters. The molecule has 2 aliphatic heterocycles. The lowest BCUT2D eigenvalue weighted by molar-refractivity contribution is -0.143. The van der Waals surface area contributed by atoms with Gasteiger partial charge in [0.2, 0.25) is 0 Å². The van der Waals surface area contributed by atoms with Gasteiger partial charge >= 0.3 is 12.1 Å². The zero-order valence-corrected chi connectivity index (χ0v) is 25.3. The van der Waals surface area contributed by atoms with E-state index in [-0.39, 0.29) is 31.5 Å². The molecule has 0 saturated carbocycles. The molecule has 4 aromatic rings. The van der Waals surface area contributed by atoms with Gasteiger partial charge in [0.1, 0.15) is 23.5 Å². The molecule has 12 heteroatoms. The summed E-state index contributed by atoms with van der Waals surface area (Å²) in [7, 11) is 0. The van der Waals surface area contributed by atoms with Crippen molar-refractivity contribution in [1.82, 2.24) is 19.6 Å². The van der Waals surface area contributed by atoms with Crippen molar-refractivity contribution in [3.8, 4) is 22.6 Å². The summed E-state index contributed by atoms with van der Waals surface area (Å²) in [5, 5.41) is 8.56. The van der Waals surface area contributed by atoms with Gasteiger partial charge in [-0.1, -0.05) is 6.07 Å². The van der Waals surface area contributed by atoms with Crippen LogP contribution in [-0.2, 0) is 27.2 Å². The Morgan fingerprint density at radius 3 is 2.59 bits per heavy atom. The Kier molecular flexibility index (Phi) is 7.60. The van der Waals surface area contributed by atoms with Crippen molar-refractivity contribution in [2.75, 3.05) is 24.7 Å². The fourth-order valence-corrected chi connectivity index (χ4v) is 5.67. The van der Waals surface area contributed by atoms with Crippen molar-refractivity contribution in [2.45, 2.75) is 65.5 Å². The molecule has 1 aromatic carbocycles. The second-order valence-corrected chi connectivity index (χ2v) is 11.8. The van der Waals surface area contributed by atoms with Gasteiger partial charge in [-0.15, -0.1) is 10.2 Å². The van der Waals surface area contributed by atoms with Gasteiger partial charge in [-0.3, -0.25) is 19.1 Å². The van der Waals surface area contributed by atoms with Crippen LogP contribution in [0.15, 0.2) is 36.7 Å². The number of hydrogen-bond acceptors (Lipinski definition) is 9. The van der Waals surface area contributed by atoms with Crippen LogP contribution in [0.4, 0.5) is 15.0 Å². The van der Waals surface area contributed by atoms with E-state index in [1.807, 2.05) is 25.1 Å². The van der Waals surface area contributed by atoms with Crippen LogP contribution < -0.4 is 14.4 Å². The number of pyridine rings is 2. The second kappa shape index (κ2) is 11.4. The molecule has 0 radical (unpaired) electrons. The maximum absolute atomic E-state index is 15.5. The summed E-state index contributed by atoms with van der Waals surface area (Å²) in [5.41, 5.74) is 3.59. The fraction of sp³-hybridized carbons (Fsp3) is 0.406. The van der Waals surface area contributed by atoms with Gasteiger partial charge in [0.25, 0.3) is 0 Å². The van der Waals surface area contributed by atoms with Crippen LogP contribution in [0.1, 0.15) is 62.5 Å². The van der Waals surface area contributed by atoms with Crippen molar-refractivity contribution in [2.24, 2.45) is 0 Å². The predicted octanol–water partition coefficient (Wildman–Crippen LogP) is 5.54. The Morgan fingerprint density at radius 1 is 1.09 bits per heavy atom. The van der Waals surface area contributed by atoms with Crippen molar-refractivity contribution < 1.29 is 32.9 Å². The smallest absolute Gasteiger partial charge is 0.416 e. The Bertz CT molecular complexity index is 1760. The molecule has 1 atom stereocenters. The lowest BCUT2D eigenvalue weighted by Crippen LogP contribution is -2.38. The molecule has 5 heterocycles. The topological polar surface area (TPSA) is 117 Å². The van der Waals surface area contributed by atoms with Gasteiger partial charge in [-0.05, 0) is 58.9 Å². The summed E-state index contributed by atoms with van der Waals surface area (Å²) in [6.45, 7) is 9.69. The summed E-state index contributed by atoms with van der Waals surface area (Å²) in [6.07, 6.45) is 1.49. The summed E-state index contributed by atoms with van der Waals surface area (Å²) in [6, 6.07) is 8.55. The van der Waals surface area contributed by atoms with Gasteiger partial charge in [0, 0.05) is 40.1 Å². The van der Waals surface area contributed by atoms with E-state index < -0.39 is 17.5 Å². The first-order valence-electron chi connectivity index (χ1n) is 14.6. The third-order valence-electron chi connectivity index (χ3n) is 7.57. The molecule has 0 aliphatic carbocycles. The number of hydrogen-bond donors (Lipinski definition) is 0. The standard InChI is InChI=1S/C32H34FN5O6/c1-6-41-27(39)12-8-20-7-9-21(18(2)35-20)22-13-26-30(38-17-34-36-29(22)38)37(31(40)44-32(3,4)5)14-23-24(33)10-11-25-28(23)19(15-42-25)16-43-26/h7,9-11,13,17,19H,6,8,12,14-16H2,1-5H3/t19-/m1/s1. The highest BCUT2D eigenvalue weighted by molar-refractivity contribution is 5.92. The molecule has 1 amide bonds. The Labute approximate surface area is 253 Å². The van der Waals surface area contributed by atoms with Crippen molar-refractivity contribution in [3.63, 3.8) is 0 Å². The van der Waals surface area contributed by atoms with E-state index in [2.05, 4.69) is 10.2 Å². The molecule has 11 nitrogen and oxygen atoms in total. The zero-order valence-electron chi connectivity index (χ0n) is 25.3. The Hall–Kier alpha value is -4.74.